The summed E-state index contributed by atoms with van der Waals surface area (Å²) in [6, 6.07) is 0. The molecule has 1 heterocycles. The molecular weight excluding hydrogens is 180 g/mol. The maximum atomic E-state index is 5.48. The van der Waals surface area contributed by atoms with Crippen LogP contribution in [-0.4, -0.2) is 16.7 Å². The number of rotatable bonds is 5. The molecule has 12 heavy (non-hydrogen) atoms. The summed E-state index contributed by atoms with van der Waals surface area (Å²) in [6.45, 7) is 3.12. The van der Waals surface area contributed by atoms with Crippen molar-refractivity contribution in [1.29, 1.82) is 0 Å². The highest BCUT2D eigenvalue weighted by atomic mass is 35.5. The zero-order valence-corrected chi connectivity index (χ0v) is 7.67. The van der Waals surface area contributed by atoms with Crippen LogP contribution in [0.15, 0.2) is 4.52 Å². The number of halogens is 1. The summed E-state index contributed by atoms with van der Waals surface area (Å²) in [5.74, 6) is 1.27. The van der Waals surface area contributed by atoms with E-state index in [2.05, 4.69) is 10.1 Å². The molecule has 0 spiro atoms. The predicted octanol–water partition coefficient (Wildman–Crippen LogP) is 1.73. The fraction of sp³-hybridized carbons (Fsp3) is 0.714. The van der Waals surface area contributed by atoms with Crippen LogP contribution < -0.4 is 0 Å². The molecule has 0 aliphatic heterocycles. The summed E-state index contributed by atoms with van der Waals surface area (Å²) >= 11 is 5.48. The highest BCUT2D eigenvalue weighted by molar-refractivity contribution is 6.16. The number of aromatic nitrogens is 2. The van der Waals surface area contributed by atoms with Crippen LogP contribution in [0.5, 0.6) is 0 Å². The van der Waals surface area contributed by atoms with Gasteiger partial charge in [-0.05, 0) is 6.42 Å². The fourth-order valence-corrected chi connectivity index (χ4v) is 0.815. The summed E-state index contributed by atoms with van der Waals surface area (Å²) in [5.41, 5.74) is 0. The quantitative estimate of drug-likeness (QED) is 0.524. The molecule has 0 fully saturated rings. The smallest absolute Gasteiger partial charge is 0.252 e. The van der Waals surface area contributed by atoms with Crippen molar-refractivity contribution in [2.24, 2.45) is 0 Å². The number of alkyl halides is 1. The topological polar surface area (TPSA) is 48.2 Å². The van der Waals surface area contributed by atoms with Gasteiger partial charge in [0.15, 0.2) is 5.82 Å². The van der Waals surface area contributed by atoms with E-state index in [9.17, 15) is 0 Å². The minimum Gasteiger partial charge on any atom is -0.372 e. The zero-order chi connectivity index (χ0) is 8.81. The minimum atomic E-state index is 0.275. The van der Waals surface area contributed by atoms with E-state index in [4.69, 9.17) is 20.9 Å². The fourth-order valence-electron chi connectivity index (χ4n) is 0.707. The van der Waals surface area contributed by atoms with Crippen LogP contribution in [0.4, 0.5) is 0 Å². The lowest BCUT2D eigenvalue weighted by molar-refractivity contribution is 0.0981. The second-order valence-electron chi connectivity index (χ2n) is 2.29. The normalized spacial score (nSPS) is 10.5. The molecule has 1 rings (SSSR count). The van der Waals surface area contributed by atoms with Crippen molar-refractivity contribution in [2.45, 2.75) is 25.8 Å². The van der Waals surface area contributed by atoms with Crippen molar-refractivity contribution in [3.8, 4) is 0 Å². The average molecular weight is 191 g/mol. The van der Waals surface area contributed by atoms with Crippen molar-refractivity contribution in [3.63, 3.8) is 0 Å². The highest BCUT2D eigenvalue weighted by Gasteiger charge is 2.03. The molecule has 1 aromatic rings. The van der Waals surface area contributed by atoms with Crippen LogP contribution in [-0.2, 0) is 17.2 Å². The van der Waals surface area contributed by atoms with Gasteiger partial charge < -0.3 is 9.26 Å². The number of hydrogen-bond acceptors (Lipinski definition) is 4. The molecule has 0 aliphatic rings. The van der Waals surface area contributed by atoms with Gasteiger partial charge in [-0.25, -0.2) is 0 Å². The molecule has 0 atom stereocenters. The van der Waals surface area contributed by atoms with E-state index in [0.717, 1.165) is 6.42 Å². The Hall–Kier alpha value is -0.610. The molecule has 0 aromatic carbocycles. The first kappa shape index (κ1) is 9.48. The molecule has 4 nitrogen and oxygen atoms in total. The van der Waals surface area contributed by atoms with E-state index >= 15 is 0 Å². The Morgan fingerprint density at radius 1 is 1.58 bits per heavy atom. The van der Waals surface area contributed by atoms with Gasteiger partial charge >= 0.3 is 0 Å². The molecule has 0 amide bonds. The van der Waals surface area contributed by atoms with Gasteiger partial charge in [0.25, 0.3) is 5.89 Å². The van der Waals surface area contributed by atoms with Crippen LogP contribution in [0.2, 0.25) is 0 Å². The molecule has 1 aromatic heterocycles. The predicted molar refractivity (Wildman–Crippen MR) is 43.8 cm³/mol. The van der Waals surface area contributed by atoms with Crippen molar-refractivity contribution in [1.82, 2.24) is 10.1 Å². The molecule has 0 saturated carbocycles. The van der Waals surface area contributed by atoms with Gasteiger partial charge in [-0.3, -0.25) is 0 Å². The molecule has 0 saturated heterocycles. The van der Waals surface area contributed by atoms with Gasteiger partial charge in [0.05, 0.1) is 5.88 Å². The SMILES string of the molecule is CCCOCc1nc(CCl)no1. The van der Waals surface area contributed by atoms with Crippen LogP contribution >= 0.6 is 11.6 Å². The molecule has 0 unspecified atom stereocenters. The third-order valence-corrected chi connectivity index (χ3v) is 1.44. The van der Waals surface area contributed by atoms with Gasteiger partial charge in [0.2, 0.25) is 0 Å². The Balaban J connectivity index is 2.31. The number of nitrogens with zero attached hydrogens (tertiary/aromatic N) is 2. The second kappa shape index (κ2) is 5.11. The van der Waals surface area contributed by atoms with E-state index in [1.54, 1.807) is 0 Å². The third-order valence-electron chi connectivity index (χ3n) is 1.20. The van der Waals surface area contributed by atoms with E-state index in [-0.39, 0.29) is 5.88 Å². The minimum absolute atomic E-state index is 0.275. The van der Waals surface area contributed by atoms with E-state index in [1.807, 2.05) is 6.92 Å². The van der Waals surface area contributed by atoms with Crippen molar-refractivity contribution in [3.05, 3.63) is 11.7 Å². The van der Waals surface area contributed by atoms with Gasteiger partial charge in [0, 0.05) is 6.61 Å². The van der Waals surface area contributed by atoms with E-state index < -0.39 is 0 Å². The standard InChI is InChI=1S/C7H11ClN2O2/c1-2-3-11-5-7-9-6(4-8)10-12-7/h2-5H2,1H3. The molecule has 0 radical (unpaired) electrons. The Bertz CT molecular complexity index is 227. The first-order valence-corrected chi connectivity index (χ1v) is 4.35. The number of ether oxygens (including phenoxy) is 1. The first-order valence-electron chi connectivity index (χ1n) is 3.82. The Kier molecular flexibility index (Phi) is 4.04. The van der Waals surface area contributed by atoms with Gasteiger partial charge in [-0.15, -0.1) is 11.6 Å². The summed E-state index contributed by atoms with van der Waals surface area (Å²) < 4.78 is 10.0. The van der Waals surface area contributed by atoms with Gasteiger partial charge in [-0.2, -0.15) is 4.98 Å². The average Bonchev–Trinajstić information content (AvgIpc) is 2.53. The Morgan fingerprint density at radius 3 is 3.00 bits per heavy atom. The molecular formula is C7H11ClN2O2. The summed E-state index contributed by atoms with van der Waals surface area (Å²) in [4.78, 5) is 3.97. The molecule has 0 bridgehead atoms. The first-order chi connectivity index (χ1) is 5.86. The Morgan fingerprint density at radius 2 is 2.42 bits per heavy atom. The second-order valence-corrected chi connectivity index (χ2v) is 2.56. The molecule has 68 valence electrons. The highest BCUT2D eigenvalue weighted by Crippen LogP contribution is 2.01. The van der Waals surface area contributed by atoms with Crippen LogP contribution in [0.1, 0.15) is 25.1 Å². The lowest BCUT2D eigenvalue weighted by Gasteiger charge is -1.94. The van der Waals surface area contributed by atoms with E-state index in [1.165, 1.54) is 0 Å². The summed E-state index contributed by atoms with van der Waals surface area (Å²) in [7, 11) is 0. The molecule has 5 heteroatoms. The van der Waals surface area contributed by atoms with Crippen LogP contribution in [0, 0.1) is 0 Å². The van der Waals surface area contributed by atoms with Gasteiger partial charge in [-0.1, -0.05) is 12.1 Å². The molecule has 0 N–H and O–H groups in total. The van der Waals surface area contributed by atoms with Crippen molar-refractivity contribution in [2.75, 3.05) is 6.61 Å². The van der Waals surface area contributed by atoms with E-state index in [0.29, 0.717) is 24.9 Å². The van der Waals surface area contributed by atoms with Crippen molar-refractivity contribution >= 4 is 11.6 Å². The van der Waals surface area contributed by atoms with Crippen molar-refractivity contribution < 1.29 is 9.26 Å². The maximum Gasteiger partial charge on any atom is 0.252 e. The van der Waals surface area contributed by atoms with Crippen LogP contribution in [0.25, 0.3) is 0 Å². The number of hydrogen-bond donors (Lipinski definition) is 0. The lowest BCUT2D eigenvalue weighted by atomic mass is 10.5. The lowest BCUT2D eigenvalue weighted by Crippen LogP contribution is -1.94. The summed E-state index contributed by atoms with van der Waals surface area (Å²) in [5, 5.41) is 3.62. The largest absolute Gasteiger partial charge is 0.372 e. The molecule has 0 aliphatic carbocycles. The Labute approximate surface area is 75.9 Å². The maximum absolute atomic E-state index is 5.48. The van der Waals surface area contributed by atoms with Gasteiger partial charge in [0.1, 0.15) is 6.61 Å². The zero-order valence-electron chi connectivity index (χ0n) is 6.92. The van der Waals surface area contributed by atoms with Crippen LogP contribution in [0.3, 0.4) is 0 Å². The summed E-state index contributed by atoms with van der Waals surface area (Å²) in [6.07, 6.45) is 0.983. The monoisotopic (exact) mass is 190 g/mol. The third kappa shape index (κ3) is 2.79.